The SMILES string of the molecule is C=C(/C=C\C=C(/C)C1(c2cccc(-c3cc4ccccc4s3)n2)c2ccccc2-c2ccccc21)c1cc2ccccc2s1. The Balaban J connectivity index is 1.27. The number of benzene rings is 4. The lowest BCUT2D eigenvalue weighted by Gasteiger charge is -2.33. The van der Waals surface area contributed by atoms with Crippen LogP contribution < -0.4 is 0 Å². The van der Waals surface area contributed by atoms with Crippen molar-refractivity contribution in [3.05, 3.63) is 179 Å². The first kappa shape index (κ1) is 26.8. The third kappa shape index (κ3) is 4.23. The molecular formula is C41H29NS2. The molecular weight excluding hydrogens is 571 g/mol. The second kappa shape index (κ2) is 10.7. The van der Waals surface area contributed by atoms with Crippen molar-refractivity contribution in [1.29, 1.82) is 0 Å². The van der Waals surface area contributed by atoms with Crippen LogP contribution in [0, 0.1) is 0 Å². The van der Waals surface area contributed by atoms with Crippen LogP contribution in [0.1, 0.15) is 28.6 Å². The Kier molecular flexibility index (Phi) is 6.52. The number of allylic oxidation sites excluding steroid dienone is 5. The van der Waals surface area contributed by atoms with E-state index in [0.29, 0.717) is 0 Å². The monoisotopic (exact) mass is 599 g/mol. The predicted octanol–water partition coefficient (Wildman–Crippen LogP) is 11.7. The van der Waals surface area contributed by atoms with Gasteiger partial charge in [0.05, 0.1) is 21.7 Å². The quantitative estimate of drug-likeness (QED) is 0.173. The Morgan fingerprint density at radius 1 is 0.682 bits per heavy atom. The first-order valence-electron chi connectivity index (χ1n) is 14.8. The third-order valence-corrected chi connectivity index (χ3v) is 11.1. The van der Waals surface area contributed by atoms with Gasteiger partial charge in [-0.3, -0.25) is 4.98 Å². The molecule has 3 aromatic heterocycles. The minimum Gasteiger partial charge on any atom is -0.250 e. The fourth-order valence-corrected chi connectivity index (χ4v) is 8.73. The molecule has 0 unspecified atom stereocenters. The molecule has 1 aliphatic carbocycles. The van der Waals surface area contributed by atoms with Crippen LogP contribution in [0.5, 0.6) is 0 Å². The van der Waals surface area contributed by atoms with Crippen LogP contribution in [0.4, 0.5) is 0 Å². The van der Waals surface area contributed by atoms with Gasteiger partial charge in [-0.2, -0.15) is 0 Å². The van der Waals surface area contributed by atoms with Crippen molar-refractivity contribution in [2.24, 2.45) is 0 Å². The zero-order valence-electron chi connectivity index (χ0n) is 24.3. The minimum absolute atomic E-state index is 0.525. The first-order valence-corrected chi connectivity index (χ1v) is 16.5. The number of hydrogen-bond acceptors (Lipinski definition) is 3. The molecule has 0 atom stereocenters. The molecule has 3 heteroatoms. The summed E-state index contributed by atoms with van der Waals surface area (Å²) in [5, 5.41) is 2.52. The third-order valence-electron chi connectivity index (χ3n) is 8.74. The summed E-state index contributed by atoms with van der Waals surface area (Å²) in [6, 6.07) is 45.7. The Labute approximate surface area is 265 Å². The van der Waals surface area contributed by atoms with Gasteiger partial charge in [0.25, 0.3) is 0 Å². The van der Waals surface area contributed by atoms with E-state index in [-0.39, 0.29) is 0 Å². The van der Waals surface area contributed by atoms with E-state index in [0.717, 1.165) is 17.0 Å². The molecule has 0 fully saturated rings. The molecule has 210 valence electrons. The van der Waals surface area contributed by atoms with Crippen LogP contribution in [0.15, 0.2) is 158 Å². The minimum atomic E-state index is -0.525. The lowest BCUT2D eigenvalue weighted by atomic mass is 9.69. The van der Waals surface area contributed by atoms with E-state index in [1.807, 2.05) is 0 Å². The zero-order chi connectivity index (χ0) is 29.7. The highest BCUT2D eigenvalue weighted by molar-refractivity contribution is 7.22. The molecule has 4 aromatic carbocycles. The van der Waals surface area contributed by atoms with Crippen molar-refractivity contribution >= 4 is 48.4 Å². The van der Waals surface area contributed by atoms with Gasteiger partial charge in [-0.25, -0.2) is 0 Å². The van der Waals surface area contributed by atoms with Crippen molar-refractivity contribution in [2.75, 3.05) is 0 Å². The van der Waals surface area contributed by atoms with E-state index >= 15 is 0 Å². The Bertz CT molecular complexity index is 2160. The van der Waals surface area contributed by atoms with Crippen molar-refractivity contribution in [3.8, 4) is 21.7 Å². The number of nitrogens with zero attached hydrogens (tertiary/aromatic N) is 1. The normalized spacial score (nSPS) is 13.9. The summed E-state index contributed by atoms with van der Waals surface area (Å²) in [5.74, 6) is 0. The lowest BCUT2D eigenvalue weighted by molar-refractivity contribution is 0.717. The Hall–Kier alpha value is -4.83. The number of hydrogen-bond donors (Lipinski definition) is 0. The molecule has 0 amide bonds. The highest BCUT2D eigenvalue weighted by Crippen LogP contribution is 2.56. The molecule has 0 saturated carbocycles. The van der Waals surface area contributed by atoms with Crippen molar-refractivity contribution in [1.82, 2.24) is 4.98 Å². The average Bonchev–Trinajstić information content (AvgIpc) is 3.78. The number of pyridine rings is 1. The molecule has 0 spiro atoms. The average molecular weight is 600 g/mol. The maximum atomic E-state index is 5.46. The molecule has 1 aliphatic rings. The summed E-state index contributed by atoms with van der Waals surface area (Å²) in [6.07, 6.45) is 6.55. The highest BCUT2D eigenvalue weighted by atomic mass is 32.1. The lowest BCUT2D eigenvalue weighted by Crippen LogP contribution is -2.29. The standard InChI is InChI=1S/C41H29NS2/c1-27(38-25-29-15-3-9-22-36(29)43-38)13-11-14-28(2)41(33-19-7-5-17-31(33)32-18-6-8-20-34(32)41)40-24-12-21-35(42-40)39-26-30-16-4-10-23-37(30)44-39/h3-26H,1H2,2H3/b13-11-,28-14+. The van der Waals surface area contributed by atoms with Crippen molar-refractivity contribution in [2.45, 2.75) is 12.3 Å². The van der Waals surface area contributed by atoms with Crippen LogP contribution in [0.3, 0.4) is 0 Å². The molecule has 0 radical (unpaired) electrons. The van der Waals surface area contributed by atoms with Gasteiger partial charge in [-0.05, 0) is 81.9 Å². The molecule has 8 rings (SSSR count). The molecule has 7 aromatic rings. The van der Waals surface area contributed by atoms with Gasteiger partial charge < -0.3 is 0 Å². The highest BCUT2D eigenvalue weighted by Gasteiger charge is 2.46. The van der Waals surface area contributed by atoms with Gasteiger partial charge in [0, 0.05) is 14.3 Å². The van der Waals surface area contributed by atoms with Crippen LogP contribution in [0.25, 0.3) is 47.4 Å². The van der Waals surface area contributed by atoms with Gasteiger partial charge in [-0.1, -0.05) is 121 Å². The maximum Gasteiger partial charge on any atom is 0.0846 e. The summed E-state index contributed by atoms with van der Waals surface area (Å²) >= 11 is 3.59. The summed E-state index contributed by atoms with van der Waals surface area (Å²) in [4.78, 5) is 7.83. The fourth-order valence-electron chi connectivity index (χ4n) is 6.68. The maximum absolute atomic E-state index is 5.46. The van der Waals surface area contributed by atoms with Gasteiger partial charge in [0.2, 0.25) is 0 Å². The summed E-state index contributed by atoms with van der Waals surface area (Å²) < 4.78 is 2.56. The second-order valence-corrected chi connectivity index (χ2v) is 13.4. The van der Waals surface area contributed by atoms with E-state index < -0.39 is 5.41 Å². The van der Waals surface area contributed by atoms with Crippen molar-refractivity contribution < 1.29 is 0 Å². The fraction of sp³-hybridized carbons (Fsp3) is 0.0488. The van der Waals surface area contributed by atoms with Crippen LogP contribution >= 0.6 is 22.7 Å². The van der Waals surface area contributed by atoms with Gasteiger partial charge in [-0.15, -0.1) is 22.7 Å². The van der Waals surface area contributed by atoms with E-state index in [9.17, 15) is 0 Å². The number of fused-ring (bicyclic) bond motifs is 5. The predicted molar refractivity (Wildman–Crippen MR) is 191 cm³/mol. The first-order chi connectivity index (χ1) is 21.6. The molecule has 0 saturated heterocycles. The molecule has 44 heavy (non-hydrogen) atoms. The van der Waals surface area contributed by atoms with Crippen LogP contribution in [-0.4, -0.2) is 4.98 Å². The smallest absolute Gasteiger partial charge is 0.0846 e. The second-order valence-electron chi connectivity index (χ2n) is 11.3. The number of aromatic nitrogens is 1. The molecule has 3 heterocycles. The van der Waals surface area contributed by atoms with Gasteiger partial charge >= 0.3 is 0 Å². The van der Waals surface area contributed by atoms with Crippen LogP contribution in [0.2, 0.25) is 0 Å². The summed E-state index contributed by atoms with van der Waals surface area (Å²) in [6.45, 7) is 6.66. The summed E-state index contributed by atoms with van der Waals surface area (Å²) in [5.41, 5.74) is 8.83. The summed E-state index contributed by atoms with van der Waals surface area (Å²) in [7, 11) is 0. The van der Waals surface area contributed by atoms with E-state index in [1.54, 1.807) is 22.7 Å². The van der Waals surface area contributed by atoms with Gasteiger partial charge in [0.1, 0.15) is 0 Å². The molecule has 0 aliphatic heterocycles. The largest absolute Gasteiger partial charge is 0.250 e. The van der Waals surface area contributed by atoms with Crippen molar-refractivity contribution in [3.63, 3.8) is 0 Å². The molecule has 1 nitrogen and oxygen atoms in total. The Morgan fingerprint density at radius 2 is 1.30 bits per heavy atom. The Morgan fingerprint density at radius 3 is 1.98 bits per heavy atom. The number of rotatable bonds is 6. The molecule has 0 bridgehead atoms. The van der Waals surface area contributed by atoms with E-state index in [1.165, 1.54) is 57.8 Å². The topological polar surface area (TPSA) is 12.9 Å². The van der Waals surface area contributed by atoms with Crippen LogP contribution in [-0.2, 0) is 5.41 Å². The van der Waals surface area contributed by atoms with E-state index in [2.05, 4.69) is 159 Å². The van der Waals surface area contributed by atoms with E-state index in [4.69, 9.17) is 4.98 Å². The number of thiophene rings is 2. The molecule has 0 N–H and O–H groups in total. The van der Waals surface area contributed by atoms with Gasteiger partial charge in [0.15, 0.2) is 0 Å². The zero-order valence-corrected chi connectivity index (χ0v) is 26.0.